The summed E-state index contributed by atoms with van der Waals surface area (Å²) in [4.78, 5) is 2.32. The van der Waals surface area contributed by atoms with Crippen molar-refractivity contribution in [2.24, 2.45) is 5.92 Å². The zero-order valence-electron chi connectivity index (χ0n) is 10.2. The fourth-order valence-corrected chi connectivity index (χ4v) is 2.73. The fourth-order valence-electron chi connectivity index (χ4n) is 2.73. The van der Waals surface area contributed by atoms with E-state index in [1.807, 2.05) is 6.92 Å². The summed E-state index contributed by atoms with van der Waals surface area (Å²) in [7, 11) is 0. The molecular formula is C14H19FN2. The number of hydrogen-bond donors (Lipinski definition) is 1. The van der Waals surface area contributed by atoms with Crippen LogP contribution in [-0.2, 0) is 0 Å². The van der Waals surface area contributed by atoms with E-state index in [9.17, 15) is 4.39 Å². The molecule has 0 spiro atoms. The predicted octanol–water partition coefficient (Wildman–Crippen LogP) is 2.32. The summed E-state index contributed by atoms with van der Waals surface area (Å²) in [6.45, 7) is 4.96. The van der Waals surface area contributed by atoms with Gasteiger partial charge in [0.1, 0.15) is 5.82 Å². The lowest BCUT2D eigenvalue weighted by molar-refractivity contribution is 0.418. The Kier molecular flexibility index (Phi) is 2.79. The van der Waals surface area contributed by atoms with Crippen LogP contribution in [0.1, 0.15) is 18.4 Å². The normalized spacial score (nSPS) is 25.1. The number of anilines is 1. The smallest absolute Gasteiger partial charge is 0.125 e. The average molecular weight is 234 g/mol. The quantitative estimate of drug-likeness (QED) is 0.845. The van der Waals surface area contributed by atoms with E-state index in [-0.39, 0.29) is 5.82 Å². The van der Waals surface area contributed by atoms with Crippen LogP contribution in [0.2, 0.25) is 0 Å². The second-order valence-electron chi connectivity index (χ2n) is 5.33. The number of halogens is 1. The molecule has 2 aliphatic rings. The lowest BCUT2D eigenvalue weighted by atomic mass is 10.1. The lowest BCUT2D eigenvalue weighted by Gasteiger charge is -2.35. The Morgan fingerprint density at radius 3 is 2.82 bits per heavy atom. The van der Waals surface area contributed by atoms with E-state index < -0.39 is 0 Å². The standard InChI is InChI=1S/C14H19FN2/c1-10-6-12(15)8-13(7-10)17-5-4-16-14(9-17)11-2-3-11/h6-8,11,14,16H,2-5,9H2,1H3. The third kappa shape index (κ3) is 2.44. The predicted molar refractivity (Wildman–Crippen MR) is 67.9 cm³/mol. The molecule has 1 aliphatic carbocycles. The number of piperazine rings is 1. The van der Waals surface area contributed by atoms with Crippen LogP contribution in [0, 0.1) is 18.7 Å². The number of aryl methyl sites for hydroxylation is 1. The van der Waals surface area contributed by atoms with Crippen molar-refractivity contribution in [3.63, 3.8) is 0 Å². The third-order valence-electron chi connectivity index (χ3n) is 3.79. The summed E-state index contributed by atoms with van der Waals surface area (Å²) >= 11 is 0. The maximum Gasteiger partial charge on any atom is 0.125 e. The van der Waals surface area contributed by atoms with Gasteiger partial charge in [0.25, 0.3) is 0 Å². The molecule has 0 bridgehead atoms. The van der Waals surface area contributed by atoms with Crippen molar-refractivity contribution in [2.45, 2.75) is 25.8 Å². The van der Waals surface area contributed by atoms with Crippen molar-refractivity contribution in [1.82, 2.24) is 5.32 Å². The maximum atomic E-state index is 13.4. The Bertz CT molecular complexity index is 394. The van der Waals surface area contributed by atoms with Gasteiger partial charge in [-0.1, -0.05) is 0 Å². The Morgan fingerprint density at radius 2 is 2.12 bits per heavy atom. The van der Waals surface area contributed by atoms with Crippen molar-refractivity contribution < 1.29 is 4.39 Å². The third-order valence-corrected chi connectivity index (χ3v) is 3.79. The average Bonchev–Trinajstić information content (AvgIpc) is 3.12. The molecule has 3 heteroatoms. The minimum atomic E-state index is -0.124. The summed E-state index contributed by atoms with van der Waals surface area (Å²) in [5.74, 6) is 0.731. The van der Waals surface area contributed by atoms with Gasteiger partial charge in [-0.2, -0.15) is 0 Å². The SMILES string of the molecule is Cc1cc(F)cc(N2CCNC(C3CC3)C2)c1. The number of benzene rings is 1. The summed E-state index contributed by atoms with van der Waals surface area (Å²) in [5.41, 5.74) is 2.04. The van der Waals surface area contributed by atoms with Crippen LogP contribution in [-0.4, -0.2) is 25.7 Å². The molecule has 92 valence electrons. The molecule has 1 saturated heterocycles. The Balaban J connectivity index is 1.77. The Hall–Kier alpha value is -1.09. The summed E-state index contributed by atoms with van der Waals surface area (Å²) < 4.78 is 13.4. The Morgan fingerprint density at radius 1 is 1.29 bits per heavy atom. The lowest BCUT2D eigenvalue weighted by Crippen LogP contribution is -2.51. The molecule has 2 fully saturated rings. The first-order valence-corrected chi connectivity index (χ1v) is 6.48. The van der Waals surface area contributed by atoms with Gasteiger partial charge >= 0.3 is 0 Å². The van der Waals surface area contributed by atoms with Gasteiger partial charge in [-0.05, 0) is 49.4 Å². The highest BCUT2D eigenvalue weighted by molar-refractivity contribution is 5.49. The van der Waals surface area contributed by atoms with Crippen molar-refractivity contribution in [1.29, 1.82) is 0 Å². The van der Waals surface area contributed by atoms with E-state index in [0.29, 0.717) is 6.04 Å². The van der Waals surface area contributed by atoms with Crippen LogP contribution >= 0.6 is 0 Å². The fraction of sp³-hybridized carbons (Fsp3) is 0.571. The first-order chi connectivity index (χ1) is 8.22. The van der Waals surface area contributed by atoms with Gasteiger partial charge < -0.3 is 10.2 Å². The van der Waals surface area contributed by atoms with E-state index in [4.69, 9.17) is 0 Å². The summed E-state index contributed by atoms with van der Waals surface area (Å²) in [6.07, 6.45) is 2.71. The minimum Gasteiger partial charge on any atom is -0.369 e. The minimum absolute atomic E-state index is 0.124. The topological polar surface area (TPSA) is 15.3 Å². The van der Waals surface area contributed by atoms with Crippen LogP contribution < -0.4 is 10.2 Å². The van der Waals surface area contributed by atoms with Gasteiger partial charge in [0.2, 0.25) is 0 Å². The largest absolute Gasteiger partial charge is 0.369 e. The highest BCUT2D eigenvalue weighted by Gasteiger charge is 2.34. The molecule has 1 aliphatic heterocycles. The van der Waals surface area contributed by atoms with E-state index in [1.54, 1.807) is 12.1 Å². The molecule has 0 aromatic heterocycles. The van der Waals surface area contributed by atoms with Gasteiger partial charge in [0.15, 0.2) is 0 Å². The summed E-state index contributed by atoms with van der Waals surface area (Å²) in [6, 6.07) is 5.93. The van der Waals surface area contributed by atoms with Crippen LogP contribution in [0.25, 0.3) is 0 Å². The number of hydrogen-bond acceptors (Lipinski definition) is 2. The zero-order valence-corrected chi connectivity index (χ0v) is 10.2. The molecule has 1 atom stereocenters. The van der Waals surface area contributed by atoms with Crippen molar-refractivity contribution in [3.05, 3.63) is 29.6 Å². The molecule has 0 amide bonds. The molecular weight excluding hydrogens is 215 g/mol. The van der Waals surface area contributed by atoms with Gasteiger partial charge in [0.05, 0.1) is 0 Å². The molecule has 17 heavy (non-hydrogen) atoms. The highest BCUT2D eigenvalue weighted by Crippen LogP contribution is 2.34. The van der Waals surface area contributed by atoms with E-state index in [1.165, 1.54) is 12.8 Å². The van der Waals surface area contributed by atoms with Gasteiger partial charge in [-0.25, -0.2) is 4.39 Å². The number of nitrogens with one attached hydrogen (secondary N) is 1. The first-order valence-electron chi connectivity index (χ1n) is 6.48. The molecule has 1 aromatic rings. The molecule has 1 aromatic carbocycles. The van der Waals surface area contributed by atoms with E-state index >= 15 is 0 Å². The van der Waals surface area contributed by atoms with Crippen molar-refractivity contribution in [3.8, 4) is 0 Å². The van der Waals surface area contributed by atoms with Crippen LogP contribution in [0.4, 0.5) is 10.1 Å². The molecule has 1 heterocycles. The van der Waals surface area contributed by atoms with Gasteiger partial charge in [-0.3, -0.25) is 0 Å². The van der Waals surface area contributed by atoms with E-state index in [0.717, 1.165) is 36.8 Å². The highest BCUT2D eigenvalue weighted by atomic mass is 19.1. The number of nitrogens with zero attached hydrogens (tertiary/aromatic N) is 1. The first kappa shape index (κ1) is 11.0. The van der Waals surface area contributed by atoms with Gasteiger partial charge in [-0.15, -0.1) is 0 Å². The second-order valence-corrected chi connectivity index (χ2v) is 5.33. The molecule has 1 saturated carbocycles. The molecule has 1 N–H and O–H groups in total. The molecule has 1 unspecified atom stereocenters. The van der Waals surface area contributed by atoms with E-state index in [2.05, 4.69) is 16.3 Å². The summed E-state index contributed by atoms with van der Waals surface area (Å²) in [5, 5.41) is 3.57. The van der Waals surface area contributed by atoms with Crippen LogP contribution in [0.3, 0.4) is 0 Å². The molecule has 0 radical (unpaired) electrons. The van der Waals surface area contributed by atoms with Gasteiger partial charge in [0, 0.05) is 31.4 Å². The second kappa shape index (κ2) is 4.30. The maximum absolute atomic E-state index is 13.4. The number of rotatable bonds is 2. The monoisotopic (exact) mass is 234 g/mol. The van der Waals surface area contributed by atoms with Crippen molar-refractivity contribution in [2.75, 3.05) is 24.5 Å². The van der Waals surface area contributed by atoms with Crippen LogP contribution in [0.15, 0.2) is 18.2 Å². The Labute approximate surface area is 102 Å². The van der Waals surface area contributed by atoms with Crippen molar-refractivity contribution >= 4 is 5.69 Å². The molecule has 2 nitrogen and oxygen atoms in total. The van der Waals surface area contributed by atoms with Crippen LogP contribution in [0.5, 0.6) is 0 Å². The zero-order chi connectivity index (χ0) is 11.8. The molecule has 3 rings (SSSR count).